The molecule has 0 radical (unpaired) electrons. The zero-order valence-corrected chi connectivity index (χ0v) is 32.1. The lowest BCUT2D eigenvalue weighted by Crippen LogP contribution is -2.17. The standard InChI is InChI=1S/C54H41NO/c1-53(2)45-23-14-12-21-41(45)51-46(53)24-15-25-48(51)55(38-27-28-40-39-20-11-13-22-44(39)54(3,4)47(40)33-38)49-32-37(35-18-9-6-10-19-35)31-43-42-30-36(34-16-7-5-8-17-34)26-29-50(42)56-52(43)49/h5-33H,1-4H3. The first-order chi connectivity index (χ1) is 27.3. The van der Waals surface area contributed by atoms with Gasteiger partial charge in [-0.25, -0.2) is 0 Å². The highest BCUT2D eigenvalue weighted by Gasteiger charge is 2.39. The van der Waals surface area contributed by atoms with Crippen molar-refractivity contribution < 1.29 is 4.42 Å². The number of anilines is 3. The van der Waals surface area contributed by atoms with Gasteiger partial charge in [0.15, 0.2) is 5.58 Å². The van der Waals surface area contributed by atoms with Gasteiger partial charge in [0.25, 0.3) is 0 Å². The molecule has 268 valence electrons. The van der Waals surface area contributed by atoms with Crippen molar-refractivity contribution in [3.8, 4) is 44.5 Å². The van der Waals surface area contributed by atoms with Crippen LogP contribution in [0.5, 0.6) is 0 Å². The first-order valence-electron chi connectivity index (χ1n) is 19.7. The molecule has 11 rings (SSSR count). The summed E-state index contributed by atoms with van der Waals surface area (Å²) in [7, 11) is 0. The number of nitrogens with zero attached hydrogens (tertiary/aromatic N) is 1. The molecular weight excluding hydrogens is 679 g/mol. The molecule has 9 aromatic rings. The minimum absolute atomic E-state index is 0.149. The summed E-state index contributed by atoms with van der Waals surface area (Å²) in [5.41, 5.74) is 20.0. The van der Waals surface area contributed by atoms with Crippen LogP contribution in [0.1, 0.15) is 49.9 Å². The Balaban J connectivity index is 1.24. The number of fused-ring (bicyclic) bond motifs is 9. The molecular formula is C54H41NO. The van der Waals surface area contributed by atoms with Crippen molar-refractivity contribution in [3.05, 3.63) is 198 Å². The molecule has 56 heavy (non-hydrogen) atoms. The Morgan fingerprint density at radius 2 is 0.982 bits per heavy atom. The van der Waals surface area contributed by atoms with E-state index in [1.165, 1.54) is 61.2 Å². The predicted octanol–water partition coefficient (Wildman–Crippen LogP) is 15.0. The lowest BCUT2D eigenvalue weighted by molar-refractivity contribution is 0.660. The summed E-state index contributed by atoms with van der Waals surface area (Å²) in [5.74, 6) is 0. The molecule has 0 saturated heterocycles. The Labute approximate surface area is 328 Å². The van der Waals surface area contributed by atoms with Crippen LogP contribution in [-0.4, -0.2) is 0 Å². The van der Waals surface area contributed by atoms with E-state index in [9.17, 15) is 0 Å². The lowest BCUT2D eigenvalue weighted by Gasteiger charge is -2.30. The second kappa shape index (κ2) is 11.9. The van der Waals surface area contributed by atoms with Crippen LogP contribution in [0, 0.1) is 0 Å². The fourth-order valence-electron chi connectivity index (χ4n) is 9.79. The Hall–Kier alpha value is -6.64. The van der Waals surface area contributed by atoms with Crippen LogP contribution >= 0.6 is 0 Å². The zero-order chi connectivity index (χ0) is 37.8. The van der Waals surface area contributed by atoms with Crippen molar-refractivity contribution >= 4 is 39.0 Å². The van der Waals surface area contributed by atoms with Crippen LogP contribution in [-0.2, 0) is 10.8 Å². The van der Waals surface area contributed by atoms with Crippen LogP contribution in [0.25, 0.3) is 66.4 Å². The molecule has 0 saturated carbocycles. The third-order valence-corrected chi connectivity index (χ3v) is 12.7. The number of benzene rings is 8. The van der Waals surface area contributed by atoms with Gasteiger partial charge < -0.3 is 9.32 Å². The molecule has 0 fully saturated rings. The van der Waals surface area contributed by atoms with E-state index in [2.05, 4.69) is 209 Å². The minimum Gasteiger partial charge on any atom is -0.454 e. The highest BCUT2D eigenvalue weighted by molar-refractivity contribution is 6.13. The van der Waals surface area contributed by atoms with Crippen LogP contribution in [0.4, 0.5) is 17.1 Å². The molecule has 8 aromatic carbocycles. The molecule has 2 aliphatic rings. The Kier molecular flexibility index (Phi) is 6.98. The van der Waals surface area contributed by atoms with E-state index < -0.39 is 0 Å². The fraction of sp³-hybridized carbons (Fsp3) is 0.111. The second-order valence-electron chi connectivity index (χ2n) is 16.5. The van der Waals surface area contributed by atoms with Gasteiger partial charge >= 0.3 is 0 Å². The number of hydrogen-bond acceptors (Lipinski definition) is 2. The number of rotatable bonds is 5. The molecule has 2 aliphatic carbocycles. The van der Waals surface area contributed by atoms with Gasteiger partial charge in [0.1, 0.15) is 5.58 Å². The summed E-state index contributed by atoms with van der Waals surface area (Å²) in [6.07, 6.45) is 0. The van der Waals surface area contributed by atoms with E-state index in [1.54, 1.807) is 0 Å². The van der Waals surface area contributed by atoms with Crippen molar-refractivity contribution in [1.29, 1.82) is 0 Å². The summed E-state index contributed by atoms with van der Waals surface area (Å²) in [6, 6.07) is 64.5. The van der Waals surface area contributed by atoms with E-state index >= 15 is 0 Å². The smallest absolute Gasteiger partial charge is 0.159 e. The number of furan rings is 1. The Morgan fingerprint density at radius 1 is 0.393 bits per heavy atom. The van der Waals surface area contributed by atoms with Gasteiger partial charge in [-0.2, -0.15) is 0 Å². The quantitative estimate of drug-likeness (QED) is 0.176. The first-order valence-corrected chi connectivity index (χ1v) is 19.7. The van der Waals surface area contributed by atoms with Crippen LogP contribution in [0.3, 0.4) is 0 Å². The molecule has 0 bridgehead atoms. The molecule has 1 aromatic heterocycles. The fourth-order valence-corrected chi connectivity index (χ4v) is 9.79. The lowest BCUT2D eigenvalue weighted by atomic mass is 9.82. The summed E-state index contributed by atoms with van der Waals surface area (Å²) < 4.78 is 7.06. The minimum atomic E-state index is -0.157. The maximum absolute atomic E-state index is 7.06. The van der Waals surface area contributed by atoms with E-state index in [-0.39, 0.29) is 10.8 Å². The first kappa shape index (κ1) is 32.8. The maximum Gasteiger partial charge on any atom is 0.159 e. The highest BCUT2D eigenvalue weighted by atomic mass is 16.3. The van der Waals surface area contributed by atoms with Gasteiger partial charge in [-0.15, -0.1) is 0 Å². The highest BCUT2D eigenvalue weighted by Crippen LogP contribution is 2.57. The van der Waals surface area contributed by atoms with E-state index in [1.807, 2.05) is 0 Å². The average molecular weight is 720 g/mol. The molecule has 1 heterocycles. The average Bonchev–Trinajstić information content (AvgIpc) is 3.81. The molecule has 0 N–H and O–H groups in total. The van der Waals surface area contributed by atoms with Crippen LogP contribution in [0.15, 0.2) is 180 Å². The molecule has 0 spiro atoms. The Bertz CT molecular complexity index is 3020. The topological polar surface area (TPSA) is 16.4 Å². The van der Waals surface area contributed by atoms with Crippen molar-refractivity contribution in [2.75, 3.05) is 4.90 Å². The maximum atomic E-state index is 7.06. The molecule has 2 nitrogen and oxygen atoms in total. The second-order valence-corrected chi connectivity index (χ2v) is 16.5. The van der Waals surface area contributed by atoms with Crippen LogP contribution < -0.4 is 4.90 Å². The van der Waals surface area contributed by atoms with Crippen molar-refractivity contribution in [2.24, 2.45) is 0 Å². The van der Waals surface area contributed by atoms with Crippen molar-refractivity contribution in [3.63, 3.8) is 0 Å². The van der Waals surface area contributed by atoms with Gasteiger partial charge in [0, 0.05) is 32.9 Å². The predicted molar refractivity (Wildman–Crippen MR) is 234 cm³/mol. The van der Waals surface area contributed by atoms with Crippen LogP contribution in [0.2, 0.25) is 0 Å². The summed E-state index contributed by atoms with van der Waals surface area (Å²) in [6.45, 7) is 9.45. The molecule has 0 unspecified atom stereocenters. The normalized spacial score (nSPS) is 14.4. The molecule has 0 atom stereocenters. The van der Waals surface area contributed by atoms with Gasteiger partial charge in [-0.05, 0) is 104 Å². The largest absolute Gasteiger partial charge is 0.454 e. The third-order valence-electron chi connectivity index (χ3n) is 12.7. The monoisotopic (exact) mass is 719 g/mol. The summed E-state index contributed by atoms with van der Waals surface area (Å²) >= 11 is 0. The number of hydrogen-bond donors (Lipinski definition) is 0. The van der Waals surface area contributed by atoms with E-state index in [4.69, 9.17) is 4.42 Å². The van der Waals surface area contributed by atoms with Crippen molar-refractivity contribution in [1.82, 2.24) is 0 Å². The molecule has 0 amide bonds. The molecule has 2 heteroatoms. The van der Waals surface area contributed by atoms with Gasteiger partial charge in [0.05, 0.1) is 11.4 Å². The zero-order valence-electron chi connectivity index (χ0n) is 32.1. The van der Waals surface area contributed by atoms with Gasteiger partial charge in [0.2, 0.25) is 0 Å². The summed E-state index contributed by atoms with van der Waals surface area (Å²) in [5, 5.41) is 2.21. The summed E-state index contributed by atoms with van der Waals surface area (Å²) in [4.78, 5) is 2.49. The molecule has 0 aliphatic heterocycles. The Morgan fingerprint density at radius 3 is 1.73 bits per heavy atom. The van der Waals surface area contributed by atoms with Gasteiger partial charge in [-0.3, -0.25) is 0 Å². The van der Waals surface area contributed by atoms with Gasteiger partial charge in [-0.1, -0.05) is 161 Å². The van der Waals surface area contributed by atoms with E-state index in [0.717, 1.165) is 44.6 Å². The van der Waals surface area contributed by atoms with Crippen molar-refractivity contribution in [2.45, 2.75) is 38.5 Å². The third kappa shape index (κ3) is 4.69. The van der Waals surface area contributed by atoms with E-state index in [0.29, 0.717) is 0 Å². The SMILES string of the molecule is CC1(C)c2ccccc2-c2ccc(N(c3cccc4c3-c3ccccc3C4(C)C)c3cc(-c4ccccc4)cc4c3oc3ccc(-c5ccccc5)cc34)cc21.